The quantitative estimate of drug-likeness (QED) is 0.290. The molecule has 0 aromatic heterocycles. The number of benzene rings is 2. The van der Waals surface area contributed by atoms with Gasteiger partial charge in [0.05, 0.1) is 28.8 Å². The van der Waals surface area contributed by atoms with Crippen LogP contribution in [0.15, 0.2) is 59.0 Å². The smallest absolute Gasteiger partial charge is 0.266 e. The fourth-order valence-corrected chi connectivity index (χ4v) is 4.47. The first-order valence-corrected chi connectivity index (χ1v) is 11.9. The van der Waals surface area contributed by atoms with Gasteiger partial charge in [-0.2, -0.15) is 0 Å². The van der Waals surface area contributed by atoms with Crippen LogP contribution in [-0.4, -0.2) is 42.3 Å². The molecular formula is C25H27ClN2O4S. The zero-order valence-corrected chi connectivity index (χ0v) is 20.5. The molecule has 33 heavy (non-hydrogen) atoms. The number of aliphatic imine (C=N–C) groups is 1. The molecule has 0 atom stereocenters. The van der Waals surface area contributed by atoms with Crippen molar-refractivity contribution in [3.63, 3.8) is 0 Å². The largest absolute Gasteiger partial charge is 0.494 e. The van der Waals surface area contributed by atoms with Crippen LogP contribution < -0.4 is 14.2 Å². The predicted octanol–water partition coefficient (Wildman–Crippen LogP) is 6.33. The van der Waals surface area contributed by atoms with E-state index in [2.05, 4.69) is 11.6 Å². The van der Waals surface area contributed by atoms with Crippen LogP contribution in [0.4, 0.5) is 5.69 Å². The van der Waals surface area contributed by atoms with Gasteiger partial charge < -0.3 is 14.2 Å². The molecule has 0 N–H and O–H groups in total. The van der Waals surface area contributed by atoms with E-state index >= 15 is 0 Å². The molecule has 1 saturated heterocycles. The fraction of sp³-hybridized carbons (Fsp3) is 0.280. The monoisotopic (exact) mass is 486 g/mol. The summed E-state index contributed by atoms with van der Waals surface area (Å²) in [6, 6.07) is 11.0. The van der Waals surface area contributed by atoms with Crippen LogP contribution in [-0.2, 0) is 4.79 Å². The third-order valence-corrected chi connectivity index (χ3v) is 5.84. The van der Waals surface area contributed by atoms with Crippen molar-refractivity contribution in [2.24, 2.45) is 4.99 Å². The number of rotatable bonds is 10. The lowest BCUT2D eigenvalue weighted by atomic mass is 10.1. The van der Waals surface area contributed by atoms with Crippen LogP contribution in [0.5, 0.6) is 17.2 Å². The van der Waals surface area contributed by atoms with Gasteiger partial charge in [0.25, 0.3) is 5.91 Å². The second-order valence-corrected chi connectivity index (χ2v) is 8.26. The molecule has 0 bridgehead atoms. The second kappa shape index (κ2) is 11.8. The minimum atomic E-state index is -0.103. The normalized spacial score (nSPS) is 15.9. The molecule has 0 saturated carbocycles. The molecule has 6 nitrogen and oxygen atoms in total. The highest BCUT2D eigenvalue weighted by Crippen LogP contribution is 2.39. The number of carbonyl (C=O) groups is 1. The maximum atomic E-state index is 13.0. The highest BCUT2D eigenvalue weighted by molar-refractivity contribution is 8.18. The fourth-order valence-electron chi connectivity index (χ4n) is 3.13. The Kier molecular flexibility index (Phi) is 8.86. The minimum Gasteiger partial charge on any atom is -0.494 e. The van der Waals surface area contributed by atoms with E-state index in [1.807, 2.05) is 51.1 Å². The molecule has 1 fully saturated rings. The SMILES string of the molecule is C=CCOc1c(Cl)cc(/C=C2/SC(=Nc3ccc(OCC)cc3)N(CC)C2=O)cc1OCC. The summed E-state index contributed by atoms with van der Waals surface area (Å²) in [4.78, 5) is 19.9. The molecule has 8 heteroatoms. The van der Waals surface area contributed by atoms with Crippen molar-refractivity contribution in [3.8, 4) is 17.2 Å². The van der Waals surface area contributed by atoms with Crippen LogP contribution in [0.2, 0.25) is 5.02 Å². The minimum absolute atomic E-state index is 0.103. The summed E-state index contributed by atoms with van der Waals surface area (Å²) < 4.78 is 16.8. The van der Waals surface area contributed by atoms with Crippen LogP contribution in [0.25, 0.3) is 6.08 Å². The van der Waals surface area contributed by atoms with Crippen molar-refractivity contribution < 1.29 is 19.0 Å². The number of hydrogen-bond donors (Lipinski definition) is 0. The lowest BCUT2D eigenvalue weighted by molar-refractivity contribution is -0.122. The molecule has 1 aliphatic rings. The van der Waals surface area contributed by atoms with Gasteiger partial charge in [-0.05, 0) is 80.6 Å². The molecule has 2 aromatic carbocycles. The maximum absolute atomic E-state index is 13.0. The summed E-state index contributed by atoms with van der Waals surface area (Å²) in [5.41, 5.74) is 1.49. The van der Waals surface area contributed by atoms with Gasteiger partial charge in [-0.15, -0.1) is 0 Å². The van der Waals surface area contributed by atoms with Gasteiger partial charge in [0.1, 0.15) is 12.4 Å². The van der Waals surface area contributed by atoms with E-state index < -0.39 is 0 Å². The number of thioether (sulfide) groups is 1. The Hall–Kier alpha value is -2.90. The van der Waals surface area contributed by atoms with Gasteiger partial charge >= 0.3 is 0 Å². The second-order valence-electron chi connectivity index (χ2n) is 6.84. The van der Waals surface area contributed by atoms with Gasteiger partial charge in [-0.1, -0.05) is 24.3 Å². The maximum Gasteiger partial charge on any atom is 0.266 e. The lowest BCUT2D eigenvalue weighted by Crippen LogP contribution is -2.28. The first-order valence-electron chi connectivity index (χ1n) is 10.7. The highest BCUT2D eigenvalue weighted by atomic mass is 35.5. The molecule has 2 aromatic rings. The summed E-state index contributed by atoms with van der Waals surface area (Å²) in [6.07, 6.45) is 3.43. The number of carbonyl (C=O) groups excluding carboxylic acids is 1. The van der Waals surface area contributed by atoms with Crippen LogP contribution >= 0.6 is 23.4 Å². The van der Waals surface area contributed by atoms with E-state index in [4.69, 9.17) is 25.8 Å². The molecule has 0 aliphatic carbocycles. The average molecular weight is 487 g/mol. The molecule has 0 spiro atoms. The molecule has 174 valence electrons. The average Bonchev–Trinajstić information content (AvgIpc) is 3.08. The van der Waals surface area contributed by atoms with Crippen LogP contribution in [0, 0.1) is 0 Å². The number of ether oxygens (including phenoxy) is 3. The van der Waals surface area contributed by atoms with Crippen LogP contribution in [0.3, 0.4) is 0 Å². The molecule has 0 unspecified atom stereocenters. The van der Waals surface area contributed by atoms with Crippen molar-refractivity contribution >= 4 is 46.2 Å². The first-order chi connectivity index (χ1) is 16.0. The Morgan fingerprint density at radius 2 is 1.82 bits per heavy atom. The van der Waals surface area contributed by atoms with E-state index in [0.717, 1.165) is 17.0 Å². The number of nitrogens with zero attached hydrogens (tertiary/aromatic N) is 2. The van der Waals surface area contributed by atoms with Crippen molar-refractivity contribution in [2.45, 2.75) is 20.8 Å². The Labute approximate surface area is 203 Å². The van der Waals surface area contributed by atoms with Crippen LogP contribution in [0.1, 0.15) is 26.3 Å². The van der Waals surface area contributed by atoms with Crippen molar-refractivity contribution in [1.29, 1.82) is 0 Å². The van der Waals surface area contributed by atoms with E-state index in [0.29, 0.717) is 53.0 Å². The summed E-state index contributed by atoms with van der Waals surface area (Å²) in [6.45, 7) is 11.3. The number of amidine groups is 1. The zero-order chi connectivity index (χ0) is 23.8. The van der Waals surface area contributed by atoms with E-state index in [1.54, 1.807) is 23.1 Å². The van der Waals surface area contributed by atoms with Crippen molar-refractivity contribution in [2.75, 3.05) is 26.4 Å². The Balaban J connectivity index is 1.90. The van der Waals surface area contributed by atoms with Gasteiger partial charge in [-0.3, -0.25) is 9.69 Å². The molecule has 1 heterocycles. The number of halogens is 1. The molecule has 0 radical (unpaired) electrons. The number of likely N-dealkylation sites (N-methyl/N-ethyl adjacent to an activating group) is 1. The van der Waals surface area contributed by atoms with E-state index in [1.165, 1.54) is 11.8 Å². The zero-order valence-electron chi connectivity index (χ0n) is 19.0. The number of hydrogen-bond acceptors (Lipinski definition) is 6. The summed E-state index contributed by atoms with van der Waals surface area (Å²) in [7, 11) is 0. The topological polar surface area (TPSA) is 60.4 Å². The molecule has 3 rings (SSSR count). The first kappa shape index (κ1) is 24.7. The van der Waals surface area contributed by atoms with Gasteiger partial charge in [0.15, 0.2) is 16.7 Å². The predicted molar refractivity (Wildman–Crippen MR) is 136 cm³/mol. The third-order valence-electron chi connectivity index (χ3n) is 4.55. The van der Waals surface area contributed by atoms with Gasteiger partial charge in [0.2, 0.25) is 0 Å². The third kappa shape index (κ3) is 6.12. The Morgan fingerprint density at radius 3 is 2.45 bits per heavy atom. The van der Waals surface area contributed by atoms with Crippen molar-refractivity contribution in [1.82, 2.24) is 4.90 Å². The summed E-state index contributed by atoms with van der Waals surface area (Å²) in [5.74, 6) is 1.66. The number of amides is 1. The summed E-state index contributed by atoms with van der Waals surface area (Å²) >= 11 is 7.78. The molecular weight excluding hydrogens is 460 g/mol. The van der Waals surface area contributed by atoms with Gasteiger partial charge in [-0.25, -0.2) is 4.99 Å². The van der Waals surface area contributed by atoms with Crippen molar-refractivity contribution in [3.05, 3.63) is 64.5 Å². The highest BCUT2D eigenvalue weighted by Gasteiger charge is 2.32. The Morgan fingerprint density at radius 1 is 1.09 bits per heavy atom. The molecule has 1 amide bonds. The molecule has 1 aliphatic heterocycles. The Bertz CT molecular complexity index is 1070. The lowest BCUT2D eigenvalue weighted by Gasteiger charge is -2.13. The van der Waals surface area contributed by atoms with E-state index in [9.17, 15) is 4.79 Å². The van der Waals surface area contributed by atoms with Gasteiger partial charge in [0, 0.05) is 6.54 Å². The standard InChI is InChI=1S/C25H27ClN2O4S/c1-5-13-32-23-20(26)14-17(15-21(23)31-8-4)16-22-24(29)28(6-2)25(33-22)27-18-9-11-19(12-10-18)30-7-3/h5,9-12,14-16H,1,6-8,13H2,2-4H3/b22-16+,27-25?. The van der Waals surface area contributed by atoms with E-state index in [-0.39, 0.29) is 5.91 Å². The summed E-state index contributed by atoms with van der Waals surface area (Å²) in [5, 5.41) is 1.03.